The van der Waals surface area contributed by atoms with Crippen LogP contribution in [0.4, 0.5) is 4.79 Å². The van der Waals surface area contributed by atoms with Gasteiger partial charge < -0.3 is 14.5 Å². The number of carbonyl (C=O) groups is 3. The Hall–Kier alpha value is -2.16. The highest BCUT2D eigenvalue weighted by Crippen LogP contribution is 2.49. The average molecular weight is 629 g/mol. The number of hydrogen-bond acceptors (Lipinski definition) is 5. The van der Waals surface area contributed by atoms with Gasteiger partial charge in [0.25, 0.3) is 5.91 Å². The van der Waals surface area contributed by atoms with Crippen LogP contribution in [0.1, 0.15) is 97.5 Å². The number of hydrogen-bond donors (Lipinski definition) is 0. The topological polar surface area (TPSA) is 73.4 Å². The number of urea groups is 1. The Morgan fingerprint density at radius 2 is 1.66 bits per heavy atom. The smallest absolute Gasteiger partial charge is 0.327 e. The second-order valence-electron chi connectivity index (χ2n) is 15.5. The molecule has 6 rings (SSSR count). The number of likely N-dealkylation sites (tertiary alicyclic amines) is 1. The van der Waals surface area contributed by atoms with Crippen molar-refractivity contribution < 1.29 is 19.1 Å². The van der Waals surface area contributed by atoms with Gasteiger partial charge in [0.1, 0.15) is 5.54 Å². The Bertz CT molecular complexity index is 1180. The minimum atomic E-state index is -0.758. The highest BCUT2D eigenvalue weighted by atomic mass is 35.5. The van der Waals surface area contributed by atoms with Crippen molar-refractivity contribution in [2.24, 2.45) is 11.3 Å². The first kappa shape index (κ1) is 33.2. The Morgan fingerprint density at radius 3 is 2.25 bits per heavy atom. The molecule has 1 spiro atoms. The standard InChI is InChI=1S/C35H52N4O4.ClH/c1-24(2)39-33(42)38(22-29-13-9-10-16-43-29)32(41)35(39)17-27-14-15-28(18-35)37(27)21-26-20-36(31(40)19-34(3,4)5)23-30(26)25-11-7-6-8-12-25;/h6-8,11-12,24,26-30H,9-10,13-23H2,1-5H3;1H/t26-,27?,28?,29?,30-,35?;/m1./s1. The van der Waals surface area contributed by atoms with E-state index in [9.17, 15) is 14.4 Å². The van der Waals surface area contributed by atoms with E-state index in [-0.39, 0.29) is 59.9 Å². The molecule has 3 unspecified atom stereocenters. The molecule has 0 aromatic heterocycles. The van der Waals surface area contributed by atoms with Gasteiger partial charge in [0, 0.05) is 56.7 Å². The zero-order chi connectivity index (χ0) is 30.5. The maximum absolute atomic E-state index is 14.3. The van der Waals surface area contributed by atoms with E-state index in [0.717, 1.165) is 51.7 Å². The van der Waals surface area contributed by atoms with Crippen molar-refractivity contribution >= 4 is 30.3 Å². The molecule has 5 aliphatic heterocycles. The lowest BCUT2D eigenvalue weighted by atomic mass is 9.79. The maximum Gasteiger partial charge on any atom is 0.327 e. The van der Waals surface area contributed by atoms with Crippen LogP contribution < -0.4 is 0 Å². The molecule has 1 aromatic carbocycles. The van der Waals surface area contributed by atoms with E-state index >= 15 is 0 Å². The summed E-state index contributed by atoms with van der Waals surface area (Å²) in [7, 11) is 0. The third-order valence-electron chi connectivity index (χ3n) is 10.8. The molecule has 1 aromatic rings. The number of carbonyl (C=O) groups excluding carboxylic acids is 3. The molecule has 2 bridgehead atoms. The first-order valence-electron chi connectivity index (χ1n) is 16.8. The number of rotatable bonds is 7. The van der Waals surface area contributed by atoms with E-state index in [1.807, 2.05) is 18.7 Å². The van der Waals surface area contributed by atoms with Crippen LogP contribution in [-0.2, 0) is 14.3 Å². The Morgan fingerprint density at radius 1 is 0.977 bits per heavy atom. The van der Waals surface area contributed by atoms with Gasteiger partial charge in [-0.15, -0.1) is 12.4 Å². The molecule has 9 heteroatoms. The van der Waals surface area contributed by atoms with Crippen LogP contribution in [0.2, 0.25) is 0 Å². The predicted octanol–water partition coefficient (Wildman–Crippen LogP) is 5.69. The van der Waals surface area contributed by atoms with E-state index in [0.29, 0.717) is 44.2 Å². The highest BCUT2D eigenvalue weighted by Gasteiger charge is 2.63. The normalized spacial score (nSPS) is 32.7. The lowest BCUT2D eigenvalue weighted by Crippen LogP contribution is -2.62. The molecule has 5 atom stereocenters. The van der Waals surface area contributed by atoms with Gasteiger partial charge in [0.05, 0.1) is 12.6 Å². The van der Waals surface area contributed by atoms with Gasteiger partial charge in [0.2, 0.25) is 5.91 Å². The molecule has 5 heterocycles. The summed E-state index contributed by atoms with van der Waals surface area (Å²) in [6.45, 7) is 14.1. The number of fused-ring (bicyclic) bond motifs is 2. The predicted molar refractivity (Wildman–Crippen MR) is 174 cm³/mol. The summed E-state index contributed by atoms with van der Waals surface area (Å²) < 4.78 is 5.95. The first-order chi connectivity index (χ1) is 20.5. The van der Waals surface area contributed by atoms with Gasteiger partial charge in [-0.25, -0.2) is 4.79 Å². The average Bonchev–Trinajstić information content (AvgIpc) is 3.54. The SMILES string of the molecule is CC(C)N1C(=O)N(CC2CCCCO2)C(=O)C12CC1CCC(C2)N1C[C@H]1CN(C(=O)CC(C)(C)C)C[C@@H]1c1ccccc1.Cl. The molecule has 0 saturated carbocycles. The molecule has 244 valence electrons. The molecule has 0 N–H and O–H groups in total. The zero-order valence-corrected chi connectivity index (χ0v) is 28.2. The van der Waals surface area contributed by atoms with Crippen LogP contribution in [0.25, 0.3) is 0 Å². The minimum absolute atomic E-state index is 0. The number of amides is 4. The number of benzene rings is 1. The molecule has 0 radical (unpaired) electrons. The maximum atomic E-state index is 14.3. The number of halogens is 1. The summed E-state index contributed by atoms with van der Waals surface area (Å²) >= 11 is 0. The second kappa shape index (κ2) is 12.9. The van der Waals surface area contributed by atoms with Gasteiger partial charge >= 0.3 is 6.03 Å². The number of piperidine rings is 1. The van der Waals surface area contributed by atoms with E-state index < -0.39 is 5.54 Å². The number of ether oxygens (including phenoxy) is 1. The Kier molecular flexibility index (Phi) is 9.75. The monoisotopic (exact) mass is 628 g/mol. The van der Waals surface area contributed by atoms with E-state index in [2.05, 4.69) is 60.9 Å². The van der Waals surface area contributed by atoms with Gasteiger partial charge in [-0.3, -0.25) is 19.4 Å². The molecule has 44 heavy (non-hydrogen) atoms. The quantitative estimate of drug-likeness (QED) is 0.363. The third-order valence-corrected chi connectivity index (χ3v) is 10.8. The van der Waals surface area contributed by atoms with Crippen LogP contribution in [0.3, 0.4) is 0 Å². The lowest BCUT2D eigenvalue weighted by molar-refractivity contribution is -0.139. The van der Waals surface area contributed by atoms with Crippen molar-refractivity contribution in [2.45, 2.75) is 122 Å². The van der Waals surface area contributed by atoms with E-state index in [1.54, 1.807) is 0 Å². The van der Waals surface area contributed by atoms with Crippen LogP contribution in [-0.4, -0.2) is 100.0 Å². The fourth-order valence-corrected chi connectivity index (χ4v) is 8.95. The van der Waals surface area contributed by atoms with Crippen molar-refractivity contribution in [1.29, 1.82) is 0 Å². The fraction of sp³-hybridized carbons (Fsp3) is 0.743. The molecular weight excluding hydrogens is 576 g/mol. The van der Waals surface area contributed by atoms with Crippen molar-refractivity contribution in [3.8, 4) is 0 Å². The van der Waals surface area contributed by atoms with E-state index in [4.69, 9.17) is 4.74 Å². The highest BCUT2D eigenvalue weighted by molar-refractivity contribution is 6.07. The van der Waals surface area contributed by atoms with Crippen molar-refractivity contribution in [2.75, 3.05) is 32.8 Å². The summed E-state index contributed by atoms with van der Waals surface area (Å²) in [6.07, 6.45) is 7.06. The summed E-state index contributed by atoms with van der Waals surface area (Å²) in [5.74, 6) is 0.888. The molecule has 5 saturated heterocycles. The second-order valence-corrected chi connectivity index (χ2v) is 15.5. The minimum Gasteiger partial charge on any atom is -0.376 e. The third kappa shape index (κ3) is 6.28. The molecule has 8 nitrogen and oxygen atoms in total. The first-order valence-corrected chi connectivity index (χ1v) is 16.8. The fourth-order valence-electron chi connectivity index (χ4n) is 8.95. The summed E-state index contributed by atoms with van der Waals surface area (Å²) in [5.41, 5.74) is 0.510. The van der Waals surface area contributed by atoms with Gasteiger partial charge in [-0.05, 0) is 75.7 Å². The van der Waals surface area contributed by atoms with Gasteiger partial charge in [0.15, 0.2) is 0 Å². The van der Waals surface area contributed by atoms with Crippen molar-refractivity contribution in [3.63, 3.8) is 0 Å². The lowest BCUT2D eigenvalue weighted by Gasteiger charge is -2.48. The van der Waals surface area contributed by atoms with E-state index in [1.165, 1.54) is 10.5 Å². The van der Waals surface area contributed by atoms with Crippen LogP contribution >= 0.6 is 12.4 Å². The Labute approximate surface area is 270 Å². The zero-order valence-electron chi connectivity index (χ0n) is 27.4. The van der Waals surface area contributed by atoms with Gasteiger partial charge in [-0.2, -0.15) is 0 Å². The van der Waals surface area contributed by atoms with Crippen LogP contribution in [0.15, 0.2) is 30.3 Å². The number of imide groups is 1. The largest absolute Gasteiger partial charge is 0.376 e. The molecular formula is C35H53ClN4O4. The Balaban J connectivity index is 0.00000384. The summed E-state index contributed by atoms with van der Waals surface area (Å²) in [5, 5.41) is 0. The summed E-state index contributed by atoms with van der Waals surface area (Å²) in [4.78, 5) is 49.7. The molecule has 0 aliphatic carbocycles. The van der Waals surface area contributed by atoms with Crippen molar-refractivity contribution in [3.05, 3.63) is 35.9 Å². The molecule has 5 fully saturated rings. The van der Waals surface area contributed by atoms with Gasteiger partial charge in [-0.1, -0.05) is 51.1 Å². The molecule has 5 aliphatic rings. The van der Waals surface area contributed by atoms with Crippen LogP contribution in [0.5, 0.6) is 0 Å². The van der Waals surface area contributed by atoms with Crippen molar-refractivity contribution in [1.82, 2.24) is 19.6 Å². The number of nitrogens with zero attached hydrogens (tertiary/aromatic N) is 4. The summed E-state index contributed by atoms with van der Waals surface area (Å²) in [6, 6.07) is 11.0. The molecule has 4 amide bonds. The van der Waals surface area contributed by atoms with Crippen LogP contribution in [0, 0.1) is 11.3 Å².